The minimum absolute atomic E-state index is 0.0753. The molecule has 0 saturated heterocycles. The normalized spacial score (nSPS) is 23.8. The summed E-state index contributed by atoms with van der Waals surface area (Å²) < 4.78 is 1.84. The molecule has 1 aliphatic carbocycles. The minimum atomic E-state index is -0.0753. The molecular formula is C12H17N3O. The van der Waals surface area contributed by atoms with E-state index in [9.17, 15) is 0 Å². The number of aryl methyl sites for hydroxylation is 1. The summed E-state index contributed by atoms with van der Waals surface area (Å²) in [6.45, 7) is 1.75. The van der Waals surface area contributed by atoms with Crippen molar-refractivity contribution in [1.82, 2.24) is 9.88 Å². The molecule has 1 fully saturated rings. The van der Waals surface area contributed by atoms with Crippen LogP contribution in [0.4, 0.5) is 0 Å². The van der Waals surface area contributed by atoms with Gasteiger partial charge in [0.1, 0.15) is 11.8 Å². The highest BCUT2D eigenvalue weighted by Crippen LogP contribution is 2.26. The van der Waals surface area contributed by atoms with Crippen LogP contribution >= 0.6 is 0 Å². The Morgan fingerprint density at radius 3 is 2.94 bits per heavy atom. The third-order valence-corrected chi connectivity index (χ3v) is 3.15. The van der Waals surface area contributed by atoms with E-state index in [-0.39, 0.29) is 6.10 Å². The van der Waals surface area contributed by atoms with Gasteiger partial charge in [0.15, 0.2) is 0 Å². The molecule has 0 radical (unpaired) electrons. The summed E-state index contributed by atoms with van der Waals surface area (Å²) in [4.78, 5) is 0. The number of aliphatic hydroxyl groups is 1. The predicted octanol–water partition coefficient (Wildman–Crippen LogP) is 0.757. The minimum Gasteiger partial charge on any atom is -0.393 e. The van der Waals surface area contributed by atoms with E-state index in [1.54, 1.807) is 0 Å². The second kappa shape index (κ2) is 4.69. The lowest BCUT2D eigenvalue weighted by Crippen LogP contribution is -2.35. The van der Waals surface area contributed by atoms with Crippen LogP contribution in [-0.2, 0) is 13.6 Å². The Balaban J connectivity index is 1.75. The van der Waals surface area contributed by atoms with Crippen molar-refractivity contribution in [1.29, 1.82) is 5.26 Å². The lowest BCUT2D eigenvalue weighted by molar-refractivity contribution is 0.0430. The number of rotatable bonds is 4. The number of hydrogen-bond acceptors (Lipinski definition) is 3. The second-order valence-corrected chi connectivity index (χ2v) is 4.58. The lowest BCUT2D eigenvalue weighted by atomic mass is 9.82. The molecule has 0 spiro atoms. The van der Waals surface area contributed by atoms with Crippen molar-refractivity contribution in [2.75, 3.05) is 6.54 Å². The van der Waals surface area contributed by atoms with Crippen molar-refractivity contribution < 1.29 is 5.11 Å². The largest absolute Gasteiger partial charge is 0.393 e. The van der Waals surface area contributed by atoms with Crippen LogP contribution in [0.15, 0.2) is 12.3 Å². The van der Waals surface area contributed by atoms with E-state index in [0.717, 1.165) is 31.5 Å². The van der Waals surface area contributed by atoms with Crippen LogP contribution < -0.4 is 5.32 Å². The number of aromatic nitrogens is 1. The first-order chi connectivity index (χ1) is 7.69. The van der Waals surface area contributed by atoms with Gasteiger partial charge < -0.3 is 15.0 Å². The highest BCUT2D eigenvalue weighted by molar-refractivity contribution is 5.28. The highest BCUT2D eigenvalue weighted by Gasteiger charge is 2.26. The fourth-order valence-corrected chi connectivity index (χ4v) is 2.13. The first kappa shape index (κ1) is 11.2. The summed E-state index contributed by atoms with van der Waals surface area (Å²) in [5.74, 6) is 0.620. The van der Waals surface area contributed by atoms with Crippen molar-refractivity contribution in [3.8, 4) is 6.07 Å². The first-order valence-electron chi connectivity index (χ1n) is 5.63. The molecule has 1 aromatic rings. The molecule has 0 unspecified atom stereocenters. The average Bonchev–Trinajstić information content (AvgIpc) is 2.56. The molecule has 1 aliphatic rings. The van der Waals surface area contributed by atoms with Gasteiger partial charge in [-0.1, -0.05) is 0 Å². The van der Waals surface area contributed by atoms with Gasteiger partial charge in [-0.05, 0) is 36.9 Å². The highest BCUT2D eigenvalue weighted by atomic mass is 16.3. The smallest absolute Gasteiger partial charge is 0.120 e. The van der Waals surface area contributed by atoms with Gasteiger partial charge in [0, 0.05) is 19.8 Å². The topological polar surface area (TPSA) is 61.0 Å². The van der Waals surface area contributed by atoms with E-state index in [4.69, 9.17) is 10.4 Å². The fourth-order valence-electron chi connectivity index (χ4n) is 2.13. The van der Waals surface area contributed by atoms with E-state index in [2.05, 4.69) is 11.4 Å². The molecule has 16 heavy (non-hydrogen) atoms. The van der Waals surface area contributed by atoms with E-state index in [1.807, 2.05) is 23.9 Å². The number of nitrogens with one attached hydrogen (secondary N) is 1. The Morgan fingerprint density at radius 2 is 2.38 bits per heavy atom. The van der Waals surface area contributed by atoms with Gasteiger partial charge in [-0.2, -0.15) is 5.26 Å². The van der Waals surface area contributed by atoms with Crippen LogP contribution in [-0.4, -0.2) is 22.3 Å². The van der Waals surface area contributed by atoms with Crippen molar-refractivity contribution in [2.45, 2.75) is 25.5 Å². The molecule has 0 amide bonds. The van der Waals surface area contributed by atoms with E-state index in [1.165, 1.54) is 0 Å². The molecule has 2 N–H and O–H groups in total. The third-order valence-electron chi connectivity index (χ3n) is 3.15. The Morgan fingerprint density at radius 1 is 1.62 bits per heavy atom. The zero-order chi connectivity index (χ0) is 11.5. The van der Waals surface area contributed by atoms with Crippen molar-refractivity contribution >= 4 is 0 Å². The predicted molar refractivity (Wildman–Crippen MR) is 60.6 cm³/mol. The van der Waals surface area contributed by atoms with E-state index < -0.39 is 0 Å². The van der Waals surface area contributed by atoms with Crippen molar-refractivity contribution in [3.05, 3.63) is 23.5 Å². The van der Waals surface area contributed by atoms with Crippen LogP contribution in [0.5, 0.6) is 0 Å². The average molecular weight is 219 g/mol. The SMILES string of the molecule is Cn1cc(CNCC2CC(O)C2)cc1C#N. The van der Waals surface area contributed by atoms with Crippen LogP contribution in [0.25, 0.3) is 0 Å². The molecule has 0 atom stereocenters. The van der Waals surface area contributed by atoms with Crippen LogP contribution in [0.1, 0.15) is 24.1 Å². The summed E-state index contributed by atoms with van der Waals surface area (Å²) in [5, 5.41) is 21.3. The van der Waals surface area contributed by atoms with Crippen LogP contribution in [0.3, 0.4) is 0 Å². The molecule has 1 saturated carbocycles. The third kappa shape index (κ3) is 2.43. The zero-order valence-electron chi connectivity index (χ0n) is 9.48. The maximum atomic E-state index is 9.14. The summed E-state index contributed by atoms with van der Waals surface area (Å²) >= 11 is 0. The van der Waals surface area contributed by atoms with E-state index >= 15 is 0 Å². The molecule has 0 aliphatic heterocycles. The Bertz CT molecular complexity index is 399. The molecule has 0 aromatic carbocycles. The van der Waals surface area contributed by atoms with Crippen molar-refractivity contribution in [2.24, 2.45) is 13.0 Å². The standard InChI is InChI=1S/C12H17N3O/c1-15-8-10(2-11(15)5-13)7-14-6-9-3-12(16)4-9/h2,8-9,12,14,16H,3-4,6-7H2,1H3. The zero-order valence-corrected chi connectivity index (χ0v) is 9.48. The summed E-state index contributed by atoms with van der Waals surface area (Å²) in [7, 11) is 1.88. The molecule has 1 aromatic heterocycles. The monoisotopic (exact) mass is 219 g/mol. The summed E-state index contributed by atoms with van der Waals surface area (Å²) in [5.41, 5.74) is 1.83. The number of nitrogens with zero attached hydrogens (tertiary/aromatic N) is 2. The maximum absolute atomic E-state index is 9.14. The fraction of sp³-hybridized carbons (Fsp3) is 0.583. The number of hydrogen-bond donors (Lipinski definition) is 2. The van der Waals surface area contributed by atoms with Crippen molar-refractivity contribution in [3.63, 3.8) is 0 Å². The molecule has 2 rings (SSSR count). The lowest BCUT2D eigenvalue weighted by Gasteiger charge is -2.31. The molecule has 4 heteroatoms. The van der Waals surface area contributed by atoms with Gasteiger partial charge in [-0.25, -0.2) is 0 Å². The maximum Gasteiger partial charge on any atom is 0.120 e. The molecule has 0 bridgehead atoms. The Hall–Kier alpha value is -1.31. The molecular weight excluding hydrogens is 202 g/mol. The van der Waals surface area contributed by atoms with Gasteiger partial charge in [-0.15, -0.1) is 0 Å². The molecule has 86 valence electrons. The summed E-state index contributed by atoms with van der Waals surface area (Å²) in [6.07, 6.45) is 3.74. The van der Waals surface area contributed by atoms with E-state index in [0.29, 0.717) is 11.6 Å². The van der Waals surface area contributed by atoms with Crippen LogP contribution in [0.2, 0.25) is 0 Å². The van der Waals surface area contributed by atoms with Crippen LogP contribution in [0, 0.1) is 17.2 Å². The molecule has 4 nitrogen and oxygen atoms in total. The number of nitriles is 1. The number of aliphatic hydroxyl groups excluding tert-OH is 1. The second-order valence-electron chi connectivity index (χ2n) is 4.58. The van der Waals surface area contributed by atoms with Gasteiger partial charge >= 0.3 is 0 Å². The Kier molecular flexibility index (Phi) is 3.28. The van der Waals surface area contributed by atoms with Gasteiger partial charge in [0.2, 0.25) is 0 Å². The Labute approximate surface area is 95.5 Å². The van der Waals surface area contributed by atoms with Gasteiger partial charge in [0.05, 0.1) is 6.10 Å². The first-order valence-corrected chi connectivity index (χ1v) is 5.63. The van der Waals surface area contributed by atoms with Gasteiger partial charge in [-0.3, -0.25) is 0 Å². The quantitative estimate of drug-likeness (QED) is 0.786. The summed E-state index contributed by atoms with van der Waals surface area (Å²) in [6, 6.07) is 4.05. The van der Waals surface area contributed by atoms with Gasteiger partial charge in [0.25, 0.3) is 0 Å². The molecule has 1 heterocycles.